The standard InChI is InChI=1S/C12H22N4/c1-4-10-11(13)12(16(3)15-10)14-8(2)9-6-5-7-9/h8-9,14H,4-7,13H2,1-3H3. The van der Waals surface area contributed by atoms with E-state index in [0.29, 0.717) is 6.04 Å². The van der Waals surface area contributed by atoms with Gasteiger partial charge in [-0.05, 0) is 32.1 Å². The van der Waals surface area contributed by atoms with E-state index in [-0.39, 0.29) is 0 Å². The molecule has 1 aliphatic rings. The normalized spacial score (nSPS) is 18.2. The molecule has 4 heteroatoms. The first-order valence-electron chi connectivity index (χ1n) is 6.21. The number of hydrogen-bond donors (Lipinski definition) is 2. The lowest BCUT2D eigenvalue weighted by Gasteiger charge is -2.32. The highest BCUT2D eigenvalue weighted by molar-refractivity contribution is 5.65. The van der Waals surface area contributed by atoms with Gasteiger partial charge in [-0.25, -0.2) is 0 Å². The Labute approximate surface area is 97.2 Å². The topological polar surface area (TPSA) is 55.9 Å². The SMILES string of the molecule is CCc1nn(C)c(NC(C)C2CCC2)c1N. The van der Waals surface area contributed by atoms with Gasteiger partial charge in [0.05, 0.1) is 11.4 Å². The smallest absolute Gasteiger partial charge is 0.147 e. The van der Waals surface area contributed by atoms with Crippen molar-refractivity contribution in [3.05, 3.63) is 5.69 Å². The second-order valence-corrected chi connectivity index (χ2v) is 4.81. The van der Waals surface area contributed by atoms with E-state index in [1.807, 2.05) is 11.7 Å². The number of rotatable bonds is 4. The maximum absolute atomic E-state index is 6.08. The number of nitrogens with one attached hydrogen (secondary N) is 1. The zero-order valence-corrected chi connectivity index (χ0v) is 10.5. The molecular weight excluding hydrogens is 200 g/mol. The summed E-state index contributed by atoms with van der Waals surface area (Å²) in [6.07, 6.45) is 4.94. The van der Waals surface area contributed by atoms with Gasteiger partial charge in [-0.3, -0.25) is 4.68 Å². The molecule has 0 aliphatic heterocycles. The van der Waals surface area contributed by atoms with E-state index in [9.17, 15) is 0 Å². The Hall–Kier alpha value is -1.19. The molecule has 1 aromatic rings. The van der Waals surface area contributed by atoms with Gasteiger partial charge < -0.3 is 11.1 Å². The molecule has 1 atom stereocenters. The second kappa shape index (κ2) is 4.36. The molecule has 3 N–H and O–H groups in total. The van der Waals surface area contributed by atoms with E-state index >= 15 is 0 Å². The van der Waals surface area contributed by atoms with Crippen LogP contribution in [0.2, 0.25) is 0 Å². The van der Waals surface area contributed by atoms with Crippen molar-refractivity contribution in [1.82, 2.24) is 9.78 Å². The van der Waals surface area contributed by atoms with E-state index in [2.05, 4.69) is 24.3 Å². The number of hydrogen-bond acceptors (Lipinski definition) is 3. The van der Waals surface area contributed by atoms with Gasteiger partial charge in [-0.1, -0.05) is 13.3 Å². The fourth-order valence-corrected chi connectivity index (χ4v) is 2.30. The molecule has 4 nitrogen and oxygen atoms in total. The number of aryl methyl sites for hydroxylation is 2. The van der Waals surface area contributed by atoms with Crippen LogP contribution in [0.5, 0.6) is 0 Å². The molecular formula is C12H22N4. The molecule has 16 heavy (non-hydrogen) atoms. The van der Waals surface area contributed by atoms with Crippen LogP contribution < -0.4 is 11.1 Å². The Morgan fingerprint density at radius 1 is 1.56 bits per heavy atom. The lowest BCUT2D eigenvalue weighted by Crippen LogP contribution is -2.31. The highest BCUT2D eigenvalue weighted by Crippen LogP contribution is 2.32. The van der Waals surface area contributed by atoms with Crippen molar-refractivity contribution >= 4 is 11.5 Å². The van der Waals surface area contributed by atoms with Gasteiger partial charge >= 0.3 is 0 Å². The van der Waals surface area contributed by atoms with Crippen LogP contribution in [0.25, 0.3) is 0 Å². The Balaban J connectivity index is 2.10. The van der Waals surface area contributed by atoms with Crippen molar-refractivity contribution in [1.29, 1.82) is 0 Å². The minimum Gasteiger partial charge on any atom is -0.394 e. The van der Waals surface area contributed by atoms with Crippen molar-refractivity contribution in [2.24, 2.45) is 13.0 Å². The Kier molecular flexibility index (Phi) is 3.08. The van der Waals surface area contributed by atoms with Crippen LogP contribution in [0.1, 0.15) is 38.8 Å². The fraction of sp³-hybridized carbons (Fsp3) is 0.750. The van der Waals surface area contributed by atoms with E-state index in [1.165, 1.54) is 19.3 Å². The van der Waals surface area contributed by atoms with Crippen LogP contribution in [0, 0.1) is 5.92 Å². The van der Waals surface area contributed by atoms with Crippen LogP contribution in [-0.2, 0) is 13.5 Å². The summed E-state index contributed by atoms with van der Waals surface area (Å²) in [4.78, 5) is 0. The Morgan fingerprint density at radius 3 is 2.69 bits per heavy atom. The van der Waals surface area contributed by atoms with Gasteiger partial charge in [0.1, 0.15) is 5.82 Å². The predicted octanol–water partition coefficient (Wildman–Crippen LogP) is 2.17. The third kappa shape index (κ3) is 1.88. The minimum atomic E-state index is 0.496. The highest BCUT2D eigenvalue weighted by Gasteiger charge is 2.25. The molecule has 1 saturated carbocycles. The van der Waals surface area contributed by atoms with Gasteiger partial charge in [0.25, 0.3) is 0 Å². The molecule has 0 radical (unpaired) electrons. The third-order valence-corrected chi connectivity index (χ3v) is 3.72. The van der Waals surface area contributed by atoms with Crippen LogP contribution in [-0.4, -0.2) is 15.8 Å². The molecule has 1 fully saturated rings. The number of nitrogens with two attached hydrogens (primary N) is 1. The lowest BCUT2D eigenvalue weighted by molar-refractivity contribution is 0.284. The van der Waals surface area contributed by atoms with Crippen LogP contribution in [0.15, 0.2) is 0 Å². The third-order valence-electron chi connectivity index (χ3n) is 3.72. The molecule has 1 unspecified atom stereocenters. The summed E-state index contributed by atoms with van der Waals surface area (Å²) in [6.45, 7) is 4.32. The summed E-state index contributed by atoms with van der Waals surface area (Å²) in [5.41, 5.74) is 7.88. The number of nitrogens with zero attached hydrogens (tertiary/aromatic N) is 2. The molecule has 90 valence electrons. The zero-order valence-electron chi connectivity index (χ0n) is 10.5. The molecule has 0 spiro atoms. The molecule has 0 bridgehead atoms. The average molecular weight is 222 g/mol. The maximum Gasteiger partial charge on any atom is 0.147 e. The Morgan fingerprint density at radius 2 is 2.25 bits per heavy atom. The molecule has 2 rings (SSSR count). The first-order valence-corrected chi connectivity index (χ1v) is 6.21. The number of anilines is 2. The molecule has 1 heterocycles. The van der Waals surface area contributed by atoms with Crippen molar-refractivity contribution in [3.63, 3.8) is 0 Å². The predicted molar refractivity (Wildman–Crippen MR) is 67.4 cm³/mol. The lowest BCUT2D eigenvalue weighted by atomic mass is 9.80. The fourth-order valence-electron chi connectivity index (χ4n) is 2.30. The molecule has 0 aromatic carbocycles. The second-order valence-electron chi connectivity index (χ2n) is 4.81. The summed E-state index contributed by atoms with van der Waals surface area (Å²) in [5.74, 6) is 1.79. The van der Waals surface area contributed by atoms with Gasteiger partial charge in [0.15, 0.2) is 0 Å². The van der Waals surface area contributed by atoms with Gasteiger partial charge in [0, 0.05) is 13.1 Å². The van der Waals surface area contributed by atoms with Gasteiger partial charge in [0.2, 0.25) is 0 Å². The summed E-state index contributed by atoms with van der Waals surface area (Å²) in [5, 5.41) is 7.92. The zero-order chi connectivity index (χ0) is 11.7. The van der Waals surface area contributed by atoms with Crippen LogP contribution >= 0.6 is 0 Å². The number of nitrogen functional groups attached to an aromatic ring is 1. The van der Waals surface area contributed by atoms with Crippen molar-refractivity contribution in [2.45, 2.75) is 45.6 Å². The minimum absolute atomic E-state index is 0.496. The average Bonchev–Trinajstić information content (AvgIpc) is 2.42. The summed E-state index contributed by atoms with van der Waals surface area (Å²) >= 11 is 0. The van der Waals surface area contributed by atoms with E-state index in [1.54, 1.807) is 0 Å². The van der Waals surface area contributed by atoms with E-state index in [0.717, 1.165) is 29.5 Å². The van der Waals surface area contributed by atoms with E-state index < -0.39 is 0 Å². The first kappa shape index (κ1) is 11.3. The largest absolute Gasteiger partial charge is 0.394 e. The quantitative estimate of drug-likeness (QED) is 0.821. The maximum atomic E-state index is 6.08. The monoisotopic (exact) mass is 222 g/mol. The number of aromatic nitrogens is 2. The van der Waals surface area contributed by atoms with Crippen LogP contribution in [0.4, 0.5) is 11.5 Å². The van der Waals surface area contributed by atoms with Crippen LogP contribution in [0.3, 0.4) is 0 Å². The van der Waals surface area contributed by atoms with Crippen molar-refractivity contribution in [3.8, 4) is 0 Å². The molecule has 0 saturated heterocycles. The van der Waals surface area contributed by atoms with Gasteiger partial charge in [-0.2, -0.15) is 5.10 Å². The molecule has 1 aromatic heterocycles. The van der Waals surface area contributed by atoms with Crippen molar-refractivity contribution < 1.29 is 0 Å². The summed E-state index contributed by atoms with van der Waals surface area (Å²) in [6, 6.07) is 0.496. The first-order chi connectivity index (χ1) is 7.63. The highest BCUT2D eigenvalue weighted by atomic mass is 15.3. The Bertz CT molecular complexity index is 365. The summed E-state index contributed by atoms with van der Waals surface area (Å²) in [7, 11) is 1.95. The summed E-state index contributed by atoms with van der Waals surface area (Å²) < 4.78 is 1.86. The molecule has 1 aliphatic carbocycles. The van der Waals surface area contributed by atoms with E-state index in [4.69, 9.17) is 5.73 Å². The van der Waals surface area contributed by atoms with Crippen molar-refractivity contribution in [2.75, 3.05) is 11.1 Å². The molecule has 0 amide bonds. The van der Waals surface area contributed by atoms with Gasteiger partial charge in [-0.15, -0.1) is 0 Å².